The number of anilines is 1. The van der Waals surface area contributed by atoms with Crippen LogP contribution in [0.25, 0.3) is 5.57 Å². The van der Waals surface area contributed by atoms with Gasteiger partial charge in [-0.1, -0.05) is 36.4 Å². The lowest BCUT2D eigenvalue weighted by atomic mass is 9.87. The summed E-state index contributed by atoms with van der Waals surface area (Å²) in [6.07, 6.45) is 1.45. The van der Waals surface area contributed by atoms with Gasteiger partial charge in [0.1, 0.15) is 30.2 Å². The molecule has 0 aromatic heterocycles. The highest BCUT2D eigenvalue weighted by Crippen LogP contribution is 2.39. The predicted molar refractivity (Wildman–Crippen MR) is 124 cm³/mol. The van der Waals surface area contributed by atoms with Gasteiger partial charge in [0.25, 0.3) is 0 Å². The van der Waals surface area contributed by atoms with Crippen LogP contribution in [0.3, 0.4) is 0 Å². The molecular formula is C25H29FN2O5. The highest BCUT2D eigenvalue weighted by molar-refractivity contribution is 5.79. The Morgan fingerprint density at radius 1 is 1.21 bits per heavy atom. The van der Waals surface area contributed by atoms with Crippen molar-refractivity contribution in [3.63, 3.8) is 0 Å². The number of carbonyl (C=O) groups is 2. The Balaban J connectivity index is 1.90. The van der Waals surface area contributed by atoms with E-state index >= 15 is 4.39 Å². The van der Waals surface area contributed by atoms with Gasteiger partial charge in [0.2, 0.25) is 0 Å². The number of hydrogen-bond acceptors (Lipinski definition) is 5. The average molecular weight is 457 g/mol. The Hall–Kier alpha value is -3.55. The van der Waals surface area contributed by atoms with E-state index < -0.39 is 36.1 Å². The summed E-state index contributed by atoms with van der Waals surface area (Å²) in [6.45, 7) is 6.85. The Bertz CT molecular complexity index is 1060. The third-order valence-corrected chi connectivity index (χ3v) is 4.99. The number of rotatable bonds is 7. The topological polar surface area (TPSA) is 96.9 Å². The Labute approximate surface area is 192 Å². The van der Waals surface area contributed by atoms with Gasteiger partial charge < -0.3 is 25.2 Å². The molecule has 3 N–H and O–H groups in total. The first-order valence-electron chi connectivity index (χ1n) is 10.7. The van der Waals surface area contributed by atoms with Crippen LogP contribution in [0.5, 0.6) is 5.75 Å². The van der Waals surface area contributed by atoms with Crippen molar-refractivity contribution in [1.82, 2.24) is 5.32 Å². The molecule has 2 aromatic rings. The Morgan fingerprint density at radius 2 is 1.91 bits per heavy atom. The van der Waals surface area contributed by atoms with Crippen LogP contribution in [0.15, 0.2) is 42.5 Å². The van der Waals surface area contributed by atoms with Gasteiger partial charge in [0.15, 0.2) is 5.82 Å². The van der Waals surface area contributed by atoms with Gasteiger partial charge in [-0.05, 0) is 56.9 Å². The molecule has 0 unspecified atom stereocenters. The first-order valence-corrected chi connectivity index (χ1v) is 10.7. The normalized spacial score (nSPS) is 15.2. The monoisotopic (exact) mass is 456 g/mol. The van der Waals surface area contributed by atoms with Gasteiger partial charge in [-0.2, -0.15) is 0 Å². The minimum absolute atomic E-state index is 0.0159. The molecule has 3 rings (SSSR count). The number of amides is 1. The largest absolute Gasteiger partial charge is 0.487 e. The molecule has 1 aliphatic rings. The summed E-state index contributed by atoms with van der Waals surface area (Å²) in [6, 6.07) is 10.7. The summed E-state index contributed by atoms with van der Waals surface area (Å²) in [5.41, 5.74) is 2.02. The van der Waals surface area contributed by atoms with Gasteiger partial charge in [-0.25, -0.2) is 9.18 Å². The molecule has 176 valence electrons. The van der Waals surface area contributed by atoms with Crippen molar-refractivity contribution in [3.8, 4) is 5.75 Å². The number of halogens is 1. The maximum atomic E-state index is 15.6. The average Bonchev–Trinajstić information content (AvgIpc) is 2.71. The summed E-state index contributed by atoms with van der Waals surface area (Å²) in [5.74, 6) is -1.50. The highest BCUT2D eigenvalue weighted by atomic mass is 19.1. The number of hydrogen-bond donors (Lipinski definition) is 3. The van der Waals surface area contributed by atoms with E-state index in [9.17, 15) is 9.59 Å². The van der Waals surface area contributed by atoms with Crippen LogP contribution in [0.4, 0.5) is 14.9 Å². The number of allylic oxidation sites excluding steroid dienone is 1. The number of nitrogens with one attached hydrogen (secondary N) is 2. The van der Waals surface area contributed by atoms with Crippen molar-refractivity contribution < 1.29 is 28.6 Å². The third-order valence-electron chi connectivity index (χ3n) is 4.99. The second-order valence-corrected chi connectivity index (χ2v) is 8.92. The summed E-state index contributed by atoms with van der Waals surface area (Å²) in [7, 11) is 0. The molecule has 1 amide bonds. The number of carboxylic acid groups (broad SMARTS) is 1. The highest BCUT2D eigenvalue weighted by Gasteiger charge is 2.28. The van der Waals surface area contributed by atoms with Crippen molar-refractivity contribution in [2.75, 3.05) is 11.9 Å². The van der Waals surface area contributed by atoms with Gasteiger partial charge >= 0.3 is 12.1 Å². The fourth-order valence-electron chi connectivity index (χ4n) is 3.62. The standard InChI is InChI=1S/C25H29FN2O5/c1-15-10-17(28-24(31)33-25(2,3)4)11-19-18(15)12-20(23(22(19)26)27-13-21(29)30)32-14-16-8-6-5-7-9-16/h5-10,12,17,27H,11,13-14H2,1-4H3,(H,28,31)(H,29,30)/t17-/m1/s1. The lowest BCUT2D eigenvalue weighted by Gasteiger charge is -2.27. The van der Waals surface area contributed by atoms with Crippen LogP contribution in [-0.2, 0) is 22.6 Å². The summed E-state index contributed by atoms with van der Waals surface area (Å²) < 4.78 is 26.8. The number of carbonyl (C=O) groups excluding carboxylic acids is 1. The quantitative estimate of drug-likeness (QED) is 0.556. The Kier molecular flexibility index (Phi) is 7.26. The molecule has 0 bridgehead atoms. The van der Waals surface area contributed by atoms with Crippen molar-refractivity contribution in [2.24, 2.45) is 0 Å². The van der Waals surface area contributed by atoms with Crippen molar-refractivity contribution in [3.05, 3.63) is 65.0 Å². The zero-order valence-corrected chi connectivity index (χ0v) is 19.2. The SMILES string of the molecule is CC1=C[C@@H](NC(=O)OC(C)(C)C)Cc2c1cc(OCc1ccccc1)c(NCC(=O)O)c2F. The van der Waals surface area contributed by atoms with Gasteiger partial charge in [0, 0.05) is 5.56 Å². The fraction of sp³-hybridized carbons (Fsp3) is 0.360. The van der Waals surface area contributed by atoms with Crippen molar-refractivity contribution in [2.45, 2.75) is 52.4 Å². The molecule has 1 aliphatic carbocycles. The van der Waals surface area contributed by atoms with Gasteiger partial charge in [0.05, 0.1) is 6.04 Å². The van der Waals surface area contributed by atoms with Crippen LogP contribution >= 0.6 is 0 Å². The molecular weight excluding hydrogens is 427 g/mol. The van der Waals surface area contributed by atoms with Crippen LogP contribution in [-0.4, -0.2) is 35.4 Å². The van der Waals surface area contributed by atoms with Crippen LogP contribution in [0, 0.1) is 5.82 Å². The second-order valence-electron chi connectivity index (χ2n) is 8.92. The molecule has 0 heterocycles. The molecule has 7 nitrogen and oxygen atoms in total. The van der Waals surface area contributed by atoms with Crippen LogP contribution in [0.1, 0.15) is 44.4 Å². The third kappa shape index (κ3) is 6.47. The number of aliphatic carboxylic acids is 1. The van der Waals surface area contributed by atoms with Crippen molar-refractivity contribution in [1.29, 1.82) is 0 Å². The molecule has 1 atom stereocenters. The van der Waals surface area contributed by atoms with E-state index in [2.05, 4.69) is 10.6 Å². The minimum Gasteiger partial charge on any atom is -0.487 e. The molecule has 33 heavy (non-hydrogen) atoms. The minimum atomic E-state index is -1.12. The molecule has 2 aromatic carbocycles. The van der Waals surface area contributed by atoms with E-state index in [0.29, 0.717) is 11.1 Å². The predicted octanol–water partition coefficient (Wildman–Crippen LogP) is 4.75. The number of carboxylic acids is 1. The molecule has 0 radical (unpaired) electrons. The van der Waals surface area contributed by atoms with E-state index in [1.54, 1.807) is 26.8 Å². The van der Waals surface area contributed by atoms with E-state index in [1.165, 1.54) is 0 Å². The molecule has 0 spiro atoms. The molecule has 0 fully saturated rings. The van der Waals surface area contributed by atoms with Gasteiger partial charge in [-0.3, -0.25) is 4.79 Å². The first-order chi connectivity index (χ1) is 15.5. The Morgan fingerprint density at radius 3 is 2.55 bits per heavy atom. The van der Waals surface area contributed by atoms with E-state index in [-0.39, 0.29) is 24.5 Å². The summed E-state index contributed by atoms with van der Waals surface area (Å²) in [4.78, 5) is 23.3. The van der Waals surface area contributed by atoms with Crippen LogP contribution in [0.2, 0.25) is 0 Å². The molecule has 8 heteroatoms. The fourth-order valence-corrected chi connectivity index (χ4v) is 3.62. The summed E-state index contributed by atoms with van der Waals surface area (Å²) >= 11 is 0. The first kappa shape index (κ1) is 24.1. The van der Waals surface area contributed by atoms with E-state index in [0.717, 1.165) is 11.1 Å². The number of fused-ring (bicyclic) bond motifs is 1. The summed E-state index contributed by atoms with van der Waals surface area (Å²) in [5, 5.41) is 14.5. The number of ether oxygens (including phenoxy) is 2. The number of alkyl carbamates (subject to hydrolysis) is 1. The van der Waals surface area contributed by atoms with Gasteiger partial charge in [-0.15, -0.1) is 0 Å². The second kappa shape index (κ2) is 9.94. The smallest absolute Gasteiger partial charge is 0.408 e. The molecule has 0 aliphatic heterocycles. The van der Waals surface area contributed by atoms with E-state index in [4.69, 9.17) is 14.6 Å². The van der Waals surface area contributed by atoms with Crippen LogP contribution < -0.4 is 15.4 Å². The number of benzene rings is 2. The maximum absolute atomic E-state index is 15.6. The molecule has 0 saturated heterocycles. The lowest BCUT2D eigenvalue weighted by molar-refractivity contribution is -0.134. The zero-order valence-electron chi connectivity index (χ0n) is 19.2. The molecule has 0 saturated carbocycles. The zero-order chi connectivity index (χ0) is 24.2. The van der Waals surface area contributed by atoms with Crippen molar-refractivity contribution >= 4 is 23.3 Å². The maximum Gasteiger partial charge on any atom is 0.408 e. The lowest BCUT2D eigenvalue weighted by Crippen LogP contribution is -2.40. The van der Waals surface area contributed by atoms with E-state index in [1.807, 2.05) is 43.3 Å².